The summed E-state index contributed by atoms with van der Waals surface area (Å²) < 4.78 is 39.7. The molecule has 2 amide bonds. The maximum atomic E-state index is 15.6. The molecule has 4 fully saturated rings. The number of aromatic carboxylic acids is 1. The molecule has 4 bridgehead atoms. The first-order valence-corrected chi connectivity index (χ1v) is 21.8. The van der Waals surface area contributed by atoms with E-state index in [1.807, 2.05) is 19.1 Å². The first kappa shape index (κ1) is 41.8. The molecule has 4 N–H and O–H groups in total. The number of hydrogen-bond acceptors (Lipinski definition) is 10. The van der Waals surface area contributed by atoms with Crippen molar-refractivity contribution in [3.63, 3.8) is 0 Å². The zero-order valence-corrected chi connectivity index (χ0v) is 35.0. The van der Waals surface area contributed by atoms with E-state index in [4.69, 9.17) is 18.9 Å². The molecule has 5 aliphatic rings. The number of nitrogens with zero attached hydrogens (tertiary/aromatic N) is 1. The Bertz CT molecular complexity index is 2190. The molecule has 0 saturated heterocycles. The van der Waals surface area contributed by atoms with Crippen LogP contribution in [0, 0.1) is 28.5 Å². The summed E-state index contributed by atoms with van der Waals surface area (Å²) in [5, 5.41) is 21.1. The number of anilines is 1. The maximum absolute atomic E-state index is 15.6. The Labute approximate surface area is 353 Å². The Kier molecular flexibility index (Phi) is 12.3. The van der Waals surface area contributed by atoms with Gasteiger partial charge in [-0.05, 0) is 122 Å². The lowest BCUT2D eigenvalue weighted by Gasteiger charge is -2.60. The molecule has 1 aromatic heterocycles. The minimum absolute atomic E-state index is 0.109. The van der Waals surface area contributed by atoms with Crippen molar-refractivity contribution < 1.29 is 42.8 Å². The lowest BCUT2D eigenvalue weighted by atomic mass is 9.44. The van der Waals surface area contributed by atoms with E-state index in [2.05, 4.69) is 27.9 Å². The highest BCUT2D eigenvalue weighted by Crippen LogP contribution is 2.65. The van der Waals surface area contributed by atoms with Crippen molar-refractivity contribution in [2.24, 2.45) is 22.7 Å². The number of halogens is 1. The molecule has 3 aromatic carbocycles. The summed E-state index contributed by atoms with van der Waals surface area (Å²) in [5.74, 6) is 0.815. The van der Waals surface area contributed by atoms with Crippen LogP contribution in [-0.2, 0) is 31.0 Å². The number of hydrogen-bond donors (Lipinski definition) is 4. The van der Waals surface area contributed by atoms with E-state index < -0.39 is 17.3 Å². The lowest BCUT2D eigenvalue weighted by molar-refractivity contribution is -0.155. The van der Waals surface area contributed by atoms with Gasteiger partial charge < -0.3 is 40.0 Å². The van der Waals surface area contributed by atoms with Gasteiger partial charge >= 0.3 is 5.97 Å². The van der Waals surface area contributed by atoms with E-state index in [0.717, 1.165) is 30.4 Å². The third-order valence-corrected chi connectivity index (χ3v) is 13.4. The van der Waals surface area contributed by atoms with Gasteiger partial charge in [-0.1, -0.05) is 19.1 Å². The number of nitrogens with one attached hydrogen (secondary N) is 3. The maximum Gasteiger partial charge on any atom is 0.335 e. The average Bonchev–Trinajstić information content (AvgIpc) is 3.71. The number of carboxylic acid groups (broad SMARTS) is 1. The van der Waals surface area contributed by atoms with Crippen LogP contribution in [0.25, 0.3) is 11.1 Å². The van der Waals surface area contributed by atoms with Gasteiger partial charge in [0.2, 0.25) is 11.8 Å². The second-order valence-electron chi connectivity index (χ2n) is 17.5. The molecule has 4 aromatic rings. The number of ether oxygens (including phenoxy) is 4. The molecular weight excluding hydrogens is 788 g/mol. The number of carboxylic acids is 1. The summed E-state index contributed by atoms with van der Waals surface area (Å²) in [6.07, 6.45) is 9.37. The molecule has 9 rings (SSSR count). The lowest BCUT2D eigenvalue weighted by Crippen LogP contribution is -2.57. The van der Waals surface area contributed by atoms with Crippen LogP contribution in [0.15, 0.2) is 66.2 Å². The van der Waals surface area contributed by atoms with Gasteiger partial charge in [-0.2, -0.15) is 0 Å². The molecule has 60 heavy (non-hydrogen) atoms. The van der Waals surface area contributed by atoms with Crippen LogP contribution in [-0.4, -0.2) is 74.0 Å². The van der Waals surface area contributed by atoms with Crippen LogP contribution in [0.3, 0.4) is 0 Å². The van der Waals surface area contributed by atoms with Crippen molar-refractivity contribution in [1.29, 1.82) is 0 Å². The van der Waals surface area contributed by atoms with Gasteiger partial charge in [0.1, 0.15) is 18.2 Å². The molecule has 2 unspecified atom stereocenters. The summed E-state index contributed by atoms with van der Waals surface area (Å²) in [6, 6.07) is 14.3. The predicted octanol–water partition coefficient (Wildman–Crippen LogP) is 7.96. The van der Waals surface area contributed by atoms with Crippen LogP contribution in [0.5, 0.6) is 17.2 Å². The Morgan fingerprint density at radius 1 is 0.933 bits per heavy atom. The summed E-state index contributed by atoms with van der Waals surface area (Å²) in [4.78, 5) is 42.0. The smallest absolute Gasteiger partial charge is 0.335 e. The van der Waals surface area contributed by atoms with E-state index in [-0.39, 0.29) is 48.2 Å². The number of carbonyl (C=O) groups is 3. The molecule has 2 heterocycles. The van der Waals surface area contributed by atoms with Gasteiger partial charge in [-0.25, -0.2) is 14.2 Å². The number of thiazole rings is 1. The van der Waals surface area contributed by atoms with Gasteiger partial charge in [-0.15, -0.1) is 11.3 Å². The number of benzene rings is 3. The Balaban J connectivity index is 0.874. The standard InChI is InChI=1S/C46H53FN4O8S/c1-44-23-29-19-30(24-44)26-46(25-29,28-44)42(55)48-11-13-56-14-15-57-16-17-58-38-20-33-9-10-50-45(2,27-40(52)51-43-49-12-18-60-43)36(33)22-39(38)59-34-7-8-35(37(47)21-34)31-3-5-32(6-4-31)41(53)54/h3-8,12,18,20-22,29-30,50H,9-11,13-17,19,23-28H2,1-2H3,(H,48,55)(H,53,54)(H,49,51,52)/t29?,30?,44?,45-,46?/m1/s1. The van der Waals surface area contributed by atoms with Crippen LogP contribution < -0.4 is 25.4 Å². The summed E-state index contributed by atoms with van der Waals surface area (Å²) >= 11 is 1.35. The van der Waals surface area contributed by atoms with Crippen molar-refractivity contribution in [2.75, 3.05) is 51.4 Å². The van der Waals surface area contributed by atoms with E-state index in [1.54, 1.807) is 35.8 Å². The second-order valence-corrected chi connectivity index (χ2v) is 18.4. The van der Waals surface area contributed by atoms with Crippen molar-refractivity contribution in [2.45, 2.75) is 70.8 Å². The van der Waals surface area contributed by atoms with Crippen molar-refractivity contribution in [1.82, 2.24) is 15.6 Å². The fourth-order valence-corrected chi connectivity index (χ4v) is 11.2. The number of fused-ring (bicyclic) bond motifs is 1. The van der Waals surface area contributed by atoms with Gasteiger partial charge in [0.15, 0.2) is 16.6 Å². The summed E-state index contributed by atoms with van der Waals surface area (Å²) in [5.41, 5.74) is 2.16. The van der Waals surface area contributed by atoms with E-state index in [1.165, 1.54) is 48.8 Å². The topological polar surface area (TPSA) is 157 Å². The SMILES string of the molecule is CC12CC3CC(C1)CC(C(=O)NCCOCCOCCOc1cc4c(cc1Oc1ccc(-c5ccc(C(=O)O)cc5)c(F)c1)[C@@](C)(CC(=O)Nc1nccs1)NCC4)(C3)C2. The van der Waals surface area contributed by atoms with Gasteiger partial charge in [0.05, 0.1) is 37.4 Å². The molecule has 3 atom stereocenters. The molecule has 0 radical (unpaired) electrons. The number of amides is 2. The van der Waals surface area contributed by atoms with E-state index in [9.17, 15) is 19.5 Å². The van der Waals surface area contributed by atoms with Gasteiger partial charge in [0, 0.05) is 48.3 Å². The van der Waals surface area contributed by atoms with Crippen molar-refractivity contribution in [3.05, 3.63) is 88.7 Å². The number of rotatable bonds is 18. The minimum atomic E-state index is -1.06. The van der Waals surface area contributed by atoms with Crippen LogP contribution in [0.4, 0.5) is 9.52 Å². The molecule has 1 aliphatic heterocycles. The fourth-order valence-electron chi connectivity index (χ4n) is 10.7. The number of aromatic nitrogens is 1. The van der Waals surface area contributed by atoms with Crippen LogP contribution in [0.2, 0.25) is 0 Å². The Morgan fingerprint density at radius 3 is 2.38 bits per heavy atom. The minimum Gasteiger partial charge on any atom is -0.487 e. The summed E-state index contributed by atoms with van der Waals surface area (Å²) in [6.45, 7) is 7.10. The Morgan fingerprint density at radius 2 is 1.68 bits per heavy atom. The summed E-state index contributed by atoms with van der Waals surface area (Å²) in [7, 11) is 0. The van der Waals surface area contributed by atoms with E-state index >= 15 is 4.39 Å². The highest BCUT2D eigenvalue weighted by Gasteiger charge is 2.58. The third kappa shape index (κ3) is 9.36. The Hall–Kier alpha value is -4.89. The molecule has 12 nitrogen and oxygen atoms in total. The van der Waals surface area contributed by atoms with Gasteiger partial charge in [0.25, 0.3) is 0 Å². The zero-order valence-electron chi connectivity index (χ0n) is 34.2. The highest BCUT2D eigenvalue weighted by molar-refractivity contribution is 7.13. The van der Waals surface area contributed by atoms with Crippen molar-refractivity contribution in [3.8, 4) is 28.4 Å². The molecule has 4 saturated carbocycles. The van der Waals surface area contributed by atoms with E-state index in [0.29, 0.717) is 84.3 Å². The normalized spacial score (nSPS) is 25.1. The molecule has 14 heteroatoms. The highest BCUT2D eigenvalue weighted by atomic mass is 32.1. The predicted molar refractivity (Wildman–Crippen MR) is 225 cm³/mol. The molecule has 0 spiro atoms. The number of carbonyl (C=O) groups excluding carboxylic acids is 2. The largest absolute Gasteiger partial charge is 0.487 e. The monoisotopic (exact) mass is 840 g/mol. The fraction of sp³-hybridized carbons (Fsp3) is 0.478. The first-order chi connectivity index (χ1) is 28.9. The second kappa shape index (κ2) is 17.6. The quantitative estimate of drug-likeness (QED) is 0.0725. The average molecular weight is 841 g/mol. The molecular formula is C46H53FN4O8S. The van der Waals surface area contributed by atoms with Crippen LogP contribution in [0.1, 0.15) is 80.3 Å². The van der Waals surface area contributed by atoms with Gasteiger partial charge in [-0.3, -0.25) is 9.59 Å². The molecule has 318 valence electrons. The van der Waals surface area contributed by atoms with Crippen LogP contribution >= 0.6 is 11.3 Å². The zero-order chi connectivity index (χ0) is 41.9. The van der Waals surface area contributed by atoms with Crippen molar-refractivity contribution >= 4 is 34.3 Å². The molecule has 4 aliphatic carbocycles. The first-order valence-electron chi connectivity index (χ1n) is 20.9. The third-order valence-electron chi connectivity index (χ3n) is 12.7.